The van der Waals surface area contributed by atoms with Crippen LogP contribution in [0.4, 0.5) is 0 Å². The molecule has 9 rings (SSSR count). The SMILES string of the molecule is c1ccc(-c2nc3ccccc3nc2-c2ccc3c4c(cccc24)-c2c(cccc2-c2ccc4ccccc4c2)O3)cc1. The van der Waals surface area contributed by atoms with E-state index in [9.17, 15) is 0 Å². The first-order valence-corrected chi connectivity index (χ1v) is 14.5. The molecule has 200 valence electrons. The van der Waals surface area contributed by atoms with Crippen molar-refractivity contribution in [3.8, 4) is 56.3 Å². The topological polar surface area (TPSA) is 35.0 Å². The summed E-state index contributed by atoms with van der Waals surface area (Å²) >= 11 is 0. The predicted molar refractivity (Wildman–Crippen MR) is 176 cm³/mol. The summed E-state index contributed by atoms with van der Waals surface area (Å²) in [7, 11) is 0. The third kappa shape index (κ3) is 3.75. The molecule has 7 aromatic carbocycles. The van der Waals surface area contributed by atoms with Crippen LogP contribution in [0.3, 0.4) is 0 Å². The summed E-state index contributed by atoms with van der Waals surface area (Å²) in [6.07, 6.45) is 0. The van der Waals surface area contributed by atoms with Gasteiger partial charge in [-0.3, -0.25) is 0 Å². The Bertz CT molecular complexity index is 2380. The van der Waals surface area contributed by atoms with Crippen LogP contribution in [0.2, 0.25) is 0 Å². The summed E-state index contributed by atoms with van der Waals surface area (Å²) in [6.45, 7) is 0. The van der Waals surface area contributed by atoms with Crippen molar-refractivity contribution in [2.45, 2.75) is 0 Å². The molecule has 3 heteroatoms. The fourth-order valence-electron chi connectivity index (χ4n) is 6.47. The van der Waals surface area contributed by atoms with Gasteiger partial charge in [-0.1, -0.05) is 109 Å². The van der Waals surface area contributed by atoms with Gasteiger partial charge in [-0.05, 0) is 69.2 Å². The third-order valence-electron chi connectivity index (χ3n) is 8.45. The summed E-state index contributed by atoms with van der Waals surface area (Å²) in [4.78, 5) is 10.3. The molecule has 43 heavy (non-hydrogen) atoms. The third-order valence-corrected chi connectivity index (χ3v) is 8.45. The lowest BCUT2D eigenvalue weighted by Gasteiger charge is -2.25. The van der Waals surface area contributed by atoms with Crippen LogP contribution in [0, 0.1) is 0 Å². The van der Waals surface area contributed by atoms with E-state index in [4.69, 9.17) is 14.7 Å². The van der Waals surface area contributed by atoms with Crippen molar-refractivity contribution in [1.82, 2.24) is 9.97 Å². The molecule has 3 nitrogen and oxygen atoms in total. The number of hydrogen-bond acceptors (Lipinski definition) is 3. The molecule has 0 radical (unpaired) electrons. The monoisotopic (exact) mass is 548 g/mol. The van der Waals surface area contributed by atoms with Gasteiger partial charge in [0, 0.05) is 22.1 Å². The first-order chi connectivity index (χ1) is 21.3. The maximum atomic E-state index is 6.64. The number of ether oxygens (including phenoxy) is 1. The molecule has 1 aliphatic heterocycles. The fourth-order valence-corrected chi connectivity index (χ4v) is 6.47. The molecule has 0 atom stereocenters. The highest BCUT2D eigenvalue weighted by Gasteiger charge is 2.25. The molecule has 0 amide bonds. The Balaban J connectivity index is 1.31. The van der Waals surface area contributed by atoms with Crippen molar-refractivity contribution in [3.63, 3.8) is 0 Å². The standard InChI is InChI=1S/C40H24N2O/c1-2-11-26(12-3-1)39-40(42-34-18-7-6-17-33(34)41-39)31-22-23-36-38-30(31)15-8-16-32(38)37-29(14-9-19-35(37)43-36)28-21-20-25-10-4-5-13-27(25)24-28/h1-24H. The average Bonchev–Trinajstić information content (AvgIpc) is 3.08. The number of rotatable bonds is 3. The molecule has 8 aromatic rings. The van der Waals surface area contributed by atoms with Crippen molar-refractivity contribution in [1.29, 1.82) is 0 Å². The zero-order valence-electron chi connectivity index (χ0n) is 23.2. The van der Waals surface area contributed by atoms with Gasteiger partial charge in [-0.15, -0.1) is 0 Å². The van der Waals surface area contributed by atoms with E-state index in [0.29, 0.717) is 0 Å². The van der Waals surface area contributed by atoms with E-state index in [1.165, 1.54) is 16.3 Å². The number of aromatic nitrogens is 2. The van der Waals surface area contributed by atoms with E-state index in [1.807, 2.05) is 42.5 Å². The normalized spacial score (nSPS) is 11.9. The summed E-state index contributed by atoms with van der Waals surface area (Å²) in [6, 6.07) is 50.7. The second-order valence-corrected chi connectivity index (χ2v) is 11.0. The minimum absolute atomic E-state index is 0.854. The van der Waals surface area contributed by atoms with Crippen LogP contribution in [0.5, 0.6) is 11.5 Å². The smallest absolute Gasteiger partial charge is 0.135 e. The van der Waals surface area contributed by atoms with E-state index in [-0.39, 0.29) is 0 Å². The lowest BCUT2D eigenvalue weighted by Crippen LogP contribution is -2.01. The lowest BCUT2D eigenvalue weighted by molar-refractivity contribution is 0.487. The van der Waals surface area contributed by atoms with E-state index in [2.05, 4.69) is 103 Å². The molecule has 0 aliphatic carbocycles. The molecular weight excluding hydrogens is 524 g/mol. The molecule has 0 unspecified atom stereocenters. The molecule has 0 fully saturated rings. The maximum absolute atomic E-state index is 6.64. The molecule has 1 aromatic heterocycles. The van der Waals surface area contributed by atoms with Crippen molar-refractivity contribution in [2.24, 2.45) is 0 Å². The Morgan fingerprint density at radius 3 is 2.00 bits per heavy atom. The summed E-state index contributed by atoms with van der Waals surface area (Å²) in [5, 5.41) is 4.64. The number of para-hydroxylation sites is 2. The molecule has 0 bridgehead atoms. The highest BCUT2D eigenvalue weighted by molar-refractivity contribution is 6.12. The molecule has 0 saturated carbocycles. The Kier molecular flexibility index (Phi) is 5.20. The second kappa shape index (κ2) is 9.37. The van der Waals surface area contributed by atoms with Gasteiger partial charge in [0.2, 0.25) is 0 Å². The molecule has 0 N–H and O–H groups in total. The summed E-state index contributed by atoms with van der Waals surface area (Å²) in [5.74, 6) is 1.72. The zero-order valence-corrected chi connectivity index (χ0v) is 23.2. The van der Waals surface area contributed by atoms with Crippen LogP contribution in [-0.2, 0) is 0 Å². The van der Waals surface area contributed by atoms with Gasteiger partial charge >= 0.3 is 0 Å². The lowest BCUT2D eigenvalue weighted by atomic mass is 9.86. The van der Waals surface area contributed by atoms with Gasteiger partial charge in [-0.25, -0.2) is 9.97 Å². The van der Waals surface area contributed by atoms with E-state index < -0.39 is 0 Å². The van der Waals surface area contributed by atoms with Crippen molar-refractivity contribution < 1.29 is 4.74 Å². The van der Waals surface area contributed by atoms with Crippen LogP contribution in [0.1, 0.15) is 0 Å². The summed E-state index contributed by atoms with van der Waals surface area (Å²) < 4.78 is 6.64. The van der Waals surface area contributed by atoms with Gasteiger partial charge in [-0.2, -0.15) is 0 Å². The van der Waals surface area contributed by atoms with Crippen molar-refractivity contribution in [2.75, 3.05) is 0 Å². The highest BCUT2D eigenvalue weighted by Crippen LogP contribution is 2.52. The van der Waals surface area contributed by atoms with E-state index in [1.54, 1.807) is 0 Å². The van der Waals surface area contributed by atoms with Crippen molar-refractivity contribution in [3.05, 3.63) is 146 Å². The zero-order chi connectivity index (χ0) is 28.3. The fraction of sp³-hybridized carbons (Fsp3) is 0. The number of hydrogen-bond donors (Lipinski definition) is 0. The number of nitrogens with zero attached hydrogens (tertiary/aromatic N) is 2. The largest absolute Gasteiger partial charge is 0.456 e. The molecule has 2 heterocycles. The molecular formula is C40H24N2O. The first kappa shape index (κ1) is 23.9. The van der Waals surface area contributed by atoms with Crippen LogP contribution in [0.15, 0.2) is 146 Å². The van der Waals surface area contributed by atoms with Gasteiger partial charge < -0.3 is 4.74 Å². The quantitative estimate of drug-likeness (QED) is 0.220. The van der Waals surface area contributed by atoms with Gasteiger partial charge in [0.1, 0.15) is 11.5 Å². The average molecular weight is 549 g/mol. The van der Waals surface area contributed by atoms with Gasteiger partial charge in [0.15, 0.2) is 0 Å². The Hall–Kier alpha value is -5.80. The maximum Gasteiger partial charge on any atom is 0.135 e. The van der Waals surface area contributed by atoms with Crippen LogP contribution in [0.25, 0.3) is 77.3 Å². The summed E-state index contributed by atoms with van der Waals surface area (Å²) in [5.41, 5.74) is 10.2. The first-order valence-electron chi connectivity index (χ1n) is 14.5. The molecule has 0 saturated heterocycles. The van der Waals surface area contributed by atoms with Gasteiger partial charge in [0.25, 0.3) is 0 Å². The highest BCUT2D eigenvalue weighted by atomic mass is 16.5. The van der Waals surface area contributed by atoms with E-state index >= 15 is 0 Å². The predicted octanol–water partition coefficient (Wildman–Crippen LogP) is 10.7. The van der Waals surface area contributed by atoms with Gasteiger partial charge in [0.05, 0.1) is 22.4 Å². The Morgan fingerprint density at radius 1 is 0.419 bits per heavy atom. The van der Waals surface area contributed by atoms with E-state index in [0.717, 1.165) is 72.5 Å². The van der Waals surface area contributed by atoms with Crippen LogP contribution < -0.4 is 4.74 Å². The van der Waals surface area contributed by atoms with Crippen LogP contribution in [-0.4, -0.2) is 9.97 Å². The number of benzene rings is 7. The minimum atomic E-state index is 0.854. The number of fused-ring (bicyclic) bond motifs is 4. The second-order valence-electron chi connectivity index (χ2n) is 11.0. The Morgan fingerprint density at radius 2 is 1.14 bits per heavy atom. The Labute approximate surface area is 248 Å². The minimum Gasteiger partial charge on any atom is -0.456 e. The molecule has 0 spiro atoms. The van der Waals surface area contributed by atoms with Crippen molar-refractivity contribution >= 4 is 32.6 Å². The van der Waals surface area contributed by atoms with Crippen LogP contribution >= 0.6 is 0 Å². The molecule has 1 aliphatic rings.